The Labute approximate surface area is 302 Å². The zero-order chi connectivity index (χ0) is 34.4. The fourth-order valence-electron chi connectivity index (χ4n) is 7.89. The third-order valence-corrected chi connectivity index (χ3v) is 10.3. The summed E-state index contributed by atoms with van der Waals surface area (Å²) in [7, 11) is 0. The maximum absolute atomic E-state index is 6.76. The van der Waals surface area contributed by atoms with Gasteiger partial charge in [-0.1, -0.05) is 170 Å². The Bertz CT molecular complexity index is 2910. The molecular weight excluding hydrogens is 631 g/mol. The Balaban J connectivity index is 1.32. The van der Waals surface area contributed by atoms with Crippen LogP contribution >= 0.6 is 0 Å². The zero-order valence-electron chi connectivity index (χ0n) is 28.4. The first-order chi connectivity index (χ1) is 25.8. The molecule has 0 radical (unpaired) electrons. The third-order valence-electron chi connectivity index (χ3n) is 10.3. The number of hydrogen-bond acceptors (Lipinski definition) is 2. The van der Waals surface area contributed by atoms with Gasteiger partial charge in [0.1, 0.15) is 5.58 Å². The van der Waals surface area contributed by atoms with Crippen molar-refractivity contribution in [1.82, 2.24) is 0 Å². The van der Waals surface area contributed by atoms with Gasteiger partial charge in [0, 0.05) is 22.0 Å². The van der Waals surface area contributed by atoms with Crippen LogP contribution in [0.3, 0.4) is 0 Å². The highest BCUT2D eigenvalue weighted by atomic mass is 16.3. The summed E-state index contributed by atoms with van der Waals surface area (Å²) >= 11 is 0. The van der Waals surface area contributed by atoms with Crippen molar-refractivity contribution in [3.05, 3.63) is 200 Å². The molecule has 2 nitrogen and oxygen atoms in total. The molecule has 0 saturated heterocycles. The predicted octanol–water partition coefficient (Wildman–Crippen LogP) is 14.4. The van der Waals surface area contributed by atoms with E-state index in [9.17, 15) is 0 Å². The van der Waals surface area contributed by atoms with Crippen molar-refractivity contribution in [3.8, 4) is 33.4 Å². The standard InChI is InChI=1S/C50H33NO/c1-3-15-34(16-4-1)40-21-9-10-23-44(40)49-42(35-17-5-2-6-18-35)24-13-26-46(49)51(47-27-14-25-45-43-22-11-12-28-48(43)52-50(45)47)38-31-32-41-37(33-38)30-29-36-19-7-8-20-39(36)41/h1-33H. The van der Waals surface area contributed by atoms with Gasteiger partial charge < -0.3 is 9.32 Å². The molecule has 0 atom stereocenters. The van der Waals surface area contributed by atoms with E-state index in [1.54, 1.807) is 0 Å². The number of anilines is 3. The maximum atomic E-state index is 6.76. The average molecular weight is 664 g/mol. The lowest BCUT2D eigenvalue weighted by molar-refractivity contribution is 0.669. The molecule has 0 spiro atoms. The quantitative estimate of drug-likeness (QED) is 0.165. The minimum Gasteiger partial charge on any atom is -0.454 e. The van der Waals surface area contributed by atoms with Gasteiger partial charge in [0.15, 0.2) is 5.58 Å². The highest BCUT2D eigenvalue weighted by Gasteiger charge is 2.25. The van der Waals surface area contributed by atoms with Crippen LogP contribution in [0.15, 0.2) is 205 Å². The highest BCUT2D eigenvalue weighted by Crippen LogP contribution is 2.50. The van der Waals surface area contributed by atoms with Gasteiger partial charge in [-0.05, 0) is 79.7 Å². The van der Waals surface area contributed by atoms with Gasteiger partial charge >= 0.3 is 0 Å². The molecular formula is C50H33NO. The van der Waals surface area contributed by atoms with E-state index in [4.69, 9.17) is 4.42 Å². The lowest BCUT2D eigenvalue weighted by atomic mass is 9.87. The van der Waals surface area contributed by atoms with Gasteiger partial charge in [-0.3, -0.25) is 0 Å². The zero-order valence-corrected chi connectivity index (χ0v) is 28.4. The Kier molecular flexibility index (Phi) is 7.18. The van der Waals surface area contributed by atoms with Crippen molar-refractivity contribution in [2.75, 3.05) is 4.90 Å². The highest BCUT2D eigenvalue weighted by molar-refractivity contribution is 6.13. The van der Waals surface area contributed by atoms with Gasteiger partial charge in [0.25, 0.3) is 0 Å². The molecule has 9 aromatic carbocycles. The maximum Gasteiger partial charge on any atom is 0.159 e. The monoisotopic (exact) mass is 663 g/mol. The van der Waals surface area contributed by atoms with Gasteiger partial charge in [0.05, 0.1) is 11.4 Å². The summed E-state index contributed by atoms with van der Waals surface area (Å²) in [6.45, 7) is 0. The summed E-state index contributed by atoms with van der Waals surface area (Å²) in [6.07, 6.45) is 0. The molecule has 0 saturated carbocycles. The Hall–Kier alpha value is -6.90. The molecule has 244 valence electrons. The number of para-hydroxylation sites is 2. The predicted molar refractivity (Wildman–Crippen MR) is 220 cm³/mol. The number of furan rings is 1. The van der Waals surface area contributed by atoms with Crippen LogP contribution in [0.2, 0.25) is 0 Å². The van der Waals surface area contributed by atoms with Crippen molar-refractivity contribution in [3.63, 3.8) is 0 Å². The summed E-state index contributed by atoms with van der Waals surface area (Å²) in [5.41, 5.74) is 11.8. The second-order valence-electron chi connectivity index (χ2n) is 13.3. The number of hydrogen-bond donors (Lipinski definition) is 0. The largest absolute Gasteiger partial charge is 0.454 e. The number of benzene rings is 9. The summed E-state index contributed by atoms with van der Waals surface area (Å²) in [5, 5.41) is 7.11. The van der Waals surface area contributed by atoms with Gasteiger partial charge in [-0.15, -0.1) is 0 Å². The molecule has 10 aromatic rings. The van der Waals surface area contributed by atoms with Gasteiger partial charge in [-0.2, -0.15) is 0 Å². The minimum absolute atomic E-state index is 0.856. The molecule has 0 N–H and O–H groups in total. The van der Waals surface area contributed by atoms with E-state index in [0.717, 1.165) is 61.3 Å². The van der Waals surface area contributed by atoms with Crippen LogP contribution in [0.5, 0.6) is 0 Å². The molecule has 52 heavy (non-hydrogen) atoms. The summed E-state index contributed by atoms with van der Waals surface area (Å²) < 4.78 is 6.76. The fraction of sp³-hybridized carbons (Fsp3) is 0. The van der Waals surface area contributed by atoms with Crippen LogP contribution in [0.25, 0.3) is 76.9 Å². The van der Waals surface area contributed by atoms with Crippen LogP contribution in [0.4, 0.5) is 17.1 Å². The van der Waals surface area contributed by atoms with Crippen LogP contribution in [-0.4, -0.2) is 0 Å². The summed E-state index contributed by atoms with van der Waals surface area (Å²) in [4.78, 5) is 2.41. The second-order valence-corrected chi connectivity index (χ2v) is 13.3. The summed E-state index contributed by atoms with van der Waals surface area (Å²) in [6, 6.07) is 71.7. The third kappa shape index (κ3) is 4.96. The SMILES string of the molecule is c1ccc(-c2ccccc2-c2c(-c3ccccc3)cccc2N(c2ccc3c(ccc4ccccc43)c2)c2cccc3c2oc2ccccc23)cc1. The average Bonchev–Trinajstić information content (AvgIpc) is 3.61. The molecule has 0 aliphatic heterocycles. The molecule has 0 aliphatic rings. The lowest BCUT2D eigenvalue weighted by Gasteiger charge is -2.30. The topological polar surface area (TPSA) is 16.4 Å². The Morgan fingerprint density at radius 3 is 1.75 bits per heavy atom. The smallest absolute Gasteiger partial charge is 0.159 e. The van der Waals surface area contributed by atoms with E-state index in [-0.39, 0.29) is 0 Å². The van der Waals surface area contributed by atoms with Crippen molar-refractivity contribution < 1.29 is 4.42 Å². The van der Waals surface area contributed by atoms with E-state index in [2.05, 4.69) is 199 Å². The first kappa shape index (κ1) is 30.0. The molecule has 0 bridgehead atoms. The van der Waals surface area contributed by atoms with Gasteiger partial charge in [0.2, 0.25) is 0 Å². The van der Waals surface area contributed by atoms with Crippen LogP contribution < -0.4 is 4.90 Å². The molecule has 0 fully saturated rings. The number of nitrogens with zero attached hydrogens (tertiary/aromatic N) is 1. The molecule has 1 aromatic heterocycles. The molecule has 1 heterocycles. The van der Waals surface area contributed by atoms with Gasteiger partial charge in [-0.25, -0.2) is 0 Å². The number of rotatable bonds is 6. The first-order valence-electron chi connectivity index (χ1n) is 17.8. The van der Waals surface area contributed by atoms with Crippen LogP contribution in [0.1, 0.15) is 0 Å². The summed E-state index contributed by atoms with van der Waals surface area (Å²) in [5.74, 6) is 0. The first-order valence-corrected chi connectivity index (χ1v) is 17.8. The second kappa shape index (κ2) is 12.5. The van der Waals surface area contributed by atoms with E-state index in [1.807, 2.05) is 6.07 Å². The lowest BCUT2D eigenvalue weighted by Crippen LogP contribution is -2.12. The van der Waals surface area contributed by atoms with Crippen molar-refractivity contribution in [2.24, 2.45) is 0 Å². The Morgan fingerprint density at radius 2 is 0.923 bits per heavy atom. The fourth-order valence-corrected chi connectivity index (χ4v) is 7.89. The molecule has 0 amide bonds. The van der Waals surface area contributed by atoms with E-state index in [1.165, 1.54) is 32.7 Å². The van der Waals surface area contributed by atoms with E-state index in [0.29, 0.717) is 0 Å². The number of fused-ring (bicyclic) bond motifs is 6. The van der Waals surface area contributed by atoms with Crippen molar-refractivity contribution in [2.45, 2.75) is 0 Å². The molecule has 10 rings (SSSR count). The van der Waals surface area contributed by atoms with Crippen molar-refractivity contribution >= 4 is 60.5 Å². The van der Waals surface area contributed by atoms with E-state index < -0.39 is 0 Å². The Morgan fingerprint density at radius 1 is 0.346 bits per heavy atom. The molecule has 0 unspecified atom stereocenters. The molecule has 0 aliphatic carbocycles. The molecule has 2 heteroatoms. The van der Waals surface area contributed by atoms with Crippen LogP contribution in [0, 0.1) is 0 Å². The van der Waals surface area contributed by atoms with Crippen LogP contribution in [-0.2, 0) is 0 Å². The van der Waals surface area contributed by atoms with Crippen molar-refractivity contribution in [1.29, 1.82) is 0 Å². The normalized spacial score (nSPS) is 11.5. The van der Waals surface area contributed by atoms with E-state index >= 15 is 0 Å². The minimum atomic E-state index is 0.856.